The second-order valence-corrected chi connectivity index (χ2v) is 8.24. The highest BCUT2D eigenvalue weighted by molar-refractivity contribution is 6.71. The van der Waals surface area contributed by atoms with E-state index >= 15 is 0 Å². The highest BCUT2D eigenvalue weighted by Crippen LogP contribution is 2.31. The van der Waals surface area contributed by atoms with Crippen molar-refractivity contribution in [3.05, 3.63) is 0 Å². The Morgan fingerprint density at radius 1 is 1.40 bits per heavy atom. The van der Waals surface area contributed by atoms with Gasteiger partial charge < -0.3 is 4.43 Å². The van der Waals surface area contributed by atoms with Crippen molar-refractivity contribution in [3.8, 4) is 0 Å². The zero-order chi connectivity index (χ0) is 7.78. The van der Waals surface area contributed by atoms with Crippen LogP contribution in [0.3, 0.4) is 0 Å². The van der Waals surface area contributed by atoms with E-state index in [0.717, 1.165) is 12.8 Å². The van der Waals surface area contributed by atoms with Gasteiger partial charge in [0.25, 0.3) is 5.97 Å². The molecule has 10 heavy (non-hydrogen) atoms. The zero-order valence-electron chi connectivity index (χ0n) is 6.81. The van der Waals surface area contributed by atoms with Gasteiger partial charge in [-0.2, -0.15) is 0 Å². The molecule has 0 heterocycles. The molecule has 3 heteroatoms. The first-order valence-electron chi connectivity index (χ1n) is 3.72. The molecule has 0 spiro atoms. The van der Waals surface area contributed by atoms with Crippen molar-refractivity contribution in [3.63, 3.8) is 0 Å². The summed E-state index contributed by atoms with van der Waals surface area (Å²) in [5, 5.41) is 0. The fraction of sp³-hybridized carbons (Fsp3) is 0.857. The fourth-order valence-electron chi connectivity index (χ4n) is 0.704. The maximum absolute atomic E-state index is 11.0. The lowest BCUT2D eigenvalue weighted by molar-refractivity contribution is -0.136. The first kappa shape index (κ1) is 7.79. The van der Waals surface area contributed by atoms with Gasteiger partial charge in [-0.1, -0.05) is 0 Å². The van der Waals surface area contributed by atoms with Crippen LogP contribution in [0.5, 0.6) is 0 Å². The van der Waals surface area contributed by atoms with Crippen LogP contribution < -0.4 is 0 Å². The van der Waals surface area contributed by atoms with Crippen LogP contribution in [0, 0.1) is 5.92 Å². The van der Waals surface area contributed by atoms with E-state index in [1.807, 2.05) is 19.6 Å². The molecule has 0 aliphatic heterocycles. The molecule has 0 amide bonds. The Bertz CT molecular complexity index is 144. The molecule has 0 N–H and O–H groups in total. The van der Waals surface area contributed by atoms with E-state index in [9.17, 15) is 4.79 Å². The van der Waals surface area contributed by atoms with Crippen molar-refractivity contribution >= 4 is 14.3 Å². The summed E-state index contributed by atoms with van der Waals surface area (Å²) in [6.45, 7) is 6.10. The summed E-state index contributed by atoms with van der Waals surface area (Å²) < 4.78 is 5.26. The minimum Gasteiger partial charge on any atom is -0.520 e. The summed E-state index contributed by atoms with van der Waals surface area (Å²) in [7, 11) is -1.59. The Kier molecular flexibility index (Phi) is 1.85. The Morgan fingerprint density at radius 2 is 1.90 bits per heavy atom. The number of carbonyl (C=O) groups is 1. The van der Waals surface area contributed by atoms with Gasteiger partial charge in [0.2, 0.25) is 8.32 Å². The van der Waals surface area contributed by atoms with Gasteiger partial charge in [-0.25, -0.2) is 0 Å². The molecule has 0 radical (unpaired) electrons. The summed E-state index contributed by atoms with van der Waals surface area (Å²) >= 11 is 0. The van der Waals surface area contributed by atoms with Gasteiger partial charge in [0, 0.05) is 0 Å². The molecule has 0 aromatic carbocycles. The third-order valence-corrected chi connectivity index (χ3v) is 2.13. The van der Waals surface area contributed by atoms with Crippen molar-refractivity contribution in [2.24, 2.45) is 5.92 Å². The normalized spacial score (nSPS) is 18.7. The number of carbonyl (C=O) groups excluding carboxylic acids is 1. The molecule has 2 nitrogen and oxygen atoms in total. The second-order valence-electron chi connectivity index (χ2n) is 3.81. The van der Waals surface area contributed by atoms with Crippen LogP contribution in [-0.2, 0) is 9.22 Å². The van der Waals surface area contributed by atoms with Crippen LogP contribution in [0.2, 0.25) is 19.6 Å². The summed E-state index contributed by atoms with van der Waals surface area (Å²) in [6, 6.07) is 0. The van der Waals surface area contributed by atoms with Gasteiger partial charge in [-0.3, -0.25) is 4.79 Å². The standard InChI is InChI=1S/C7H14O2Si/c1-10(2,3)9-7(8)6-4-5-6/h6H,4-5H2,1-3H3. The molecule has 0 bridgehead atoms. The average molecular weight is 158 g/mol. The largest absolute Gasteiger partial charge is 0.520 e. The predicted octanol–water partition coefficient (Wildman–Crippen LogP) is 1.77. The predicted molar refractivity (Wildman–Crippen MR) is 42.2 cm³/mol. The van der Waals surface area contributed by atoms with E-state index in [1.54, 1.807) is 0 Å². The first-order chi connectivity index (χ1) is 4.49. The van der Waals surface area contributed by atoms with Gasteiger partial charge in [0.15, 0.2) is 0 Å². The topological polar surface area (TPSA) is 26.3 Å². The number of hydrogen-bond donors (Lipinski definition) is 0. The molecule has 1 aliphatic rings. The molecule has 1 aliphatic carbocycles. The Hall–Kier alpha value is -0.313. The Morgan fingerprint density at radius 3 is 2.20 bits per heavy atom. The number of hydrogen-bond acceptors (Lipinski definition) is 2. The summed E-state index contributed by atoms with van der Waals surface area (Å²) in [5.41, 5.74) is 0. The smallest absolute Gasteiger partial charge is 0.295 e. The van der Waals surface area contributed by atoms with Gasteiger partial charge >= 0.3 is 0 Å². The molecule has 1 saturated carbocycles. The monoisotopic (exact) mass is 158 g/mol. The van der Waals surface area contributed by atoms with Gasteiger partial charge in [-0.15, -0.1) is 0 Å². The van der Waals surface area contributed by atoms with Crippen LogP contribution >= 0.6 is 0 Å². The third kappa shape index (κ3) is 2.52. The molecule has 58 valence electrons. The zero-order valence-corrected chi connectivity index (χ0v) is 7.81. The summed E-state index contributed by atoms with van der Waals surface area (Å²) in [6.07, 6.45) is 2.09. The average Bonchev–Trinajstić information content (AvgIpc) is 2.35. The van der Waals surface area contributed by atoms with Crippen LogP contribution in [0.15, 0.2) is 0 Å². The molecule has 0 saturated heterocycles. The molecule has 0 aromatic rings. The minimum absolute atomic E-state index is 0.0409. The molecular formula is C7H14O2Si. The summed E-state index contributed by atoms with van der Waals surface area (Å²) in [4.78, 5) is 11.0. The quantitative estimate of drug-likeness (QED) is 0.573. The van der Waals surface area contributed by atoms with Gasteiger partial charge in [0.1, 0.15) is 0 Å². The van der Waals surface area contributed by atoms with Crippen molar-refractivity contribution in [1.29, 1.82) is 0 Å². The van der Waals surface area contributed by atoms with E-state index in [4.69, 9.17) is 4.43 Å². The Labute approximate surface area is 62.7 Å². The lowest BCUT2D eigenvalue weighted by Crippen LogP contribution is -2.29. The molecule has 0 unspecified atom stereocenters. The van der Waals surface area contributed by atoms with Crippen molar-refractivity contribution in [2.45, 2.75) is 32.5 Å². The van der Waals surface area contributed by atoms with Gasteiger partial charge in [0.05, 0.1) is 5.92 Å². The second kappa shape index (κ2) is 2.38. The molecule has 0 atom stereocenters. The highest BCUT2D eigenvalue weighted by Gasteiger charge is 2.34. The maximum atomic E-state index is 11.0. The molecule has 0 aromatic heterocycles. The maximum Gasteiger partial charge on any atom is 0.295 e. The van der Waals surface area contributed by atoms with Crippen molar-refractivity contribution in [2.75, 3.05) is 0 Å². The molecular weight excluding hydrogens is 144 g/mol. The fourth-order valence-corrected chi connectivity index (χ4v) is 1.47. The lowest BCUT2D eigenvalue weighted by atomic mass is 10.5. The lowest BCUT2D eigenvalue weighted by Gasteiger charge is -2.16. The highest BCUT2D eigenvalue weighted by atomic mass is 28.4. The number of rotatable bonds is 2. The van der Waals surface area contributed by atoms with Gasteiger partial charge in [-0.05, 0) is 32.5 Å². The third-order valence-electron chi connectivity index (χ3n) is 1.32. The van der Waals surface area contributed by atoms with E-state index in [1.165, 1.54) is 0 Å². The molecule has 1 rings (SSSR count). The molecule has 1 fully saturated rings. The van der Waals surface area contributed by atoms with Crippen molar-refractivity contribution in [1.82, 2.24) is 0 Å². The first-order valence-corrected chi connectivity index (χ1v) is 7.13. The van der Waals surface area contributed by atoms with Crippen LogP contribution in [0.25, 0.3) is 0 Å². The van der Waals surface area contributed by atoms with E-state index in [2.05, 4.69) is 0 Å². The minimum atomic E-state index is -1.59. The van der Waals surface area contributed by atoms with Crippen LogP contribution in [0.1, 0.15) is 12.8 Å². The Balaban J connectivity index is 2.30. The SMILES string of the molecule is C[Si](C)(C)OC(=O)C1CC1. The van der Waals surface area contributed by atoms with E-state index in [0.29, 0.717) is 0 Å². The van der Waals surface area contributed by atoms with E-state index < -0.39 is 8.32 Å². The van der Waals surface area contributed by atoms with Crippen molar-refractivity contribution < 1.29 is 9.22 Å². The van der Waals surface area contributed by atoms with E-state index in [-0.39, 0.29) is 11.9 Å². The summed E-state index contributed by atoms with van der Waals surface area (Å²) in [5.74, 6) is 0.297. The van der Waals surface area contributed by atoms with Crippen LogP contribution in [0.4, 0.5) is 0 Å². The van der Waals surface area contributed by atoms with Crippen LogP contribution in [-0.4, -0.2) is 14.3 Å².